The van der Waals surface area contributed by atoms with Crippen molar-refractivity contribution in [2.45, 2.75) is 30.0 Å². The zero-order chi connectivity index (χ0) is 28.4. The van der Waals surface area contributed by atoms with Crippen molar-refractivity contribution in [2.75, 3.05) is 18.6 Å². The minimum Gasteiger partial charge on any atom is -0.503 e. The highest BCUT2D eigenvalue weighted by Crippen LogP contribution is 2.45. The average Bonchev–Trinajstić information content (AvgIpc) is 3.66. The summed E-state index contributed by atoms with van der Waals surface area (Å²) >= 11 is 8.87. The van der Waals surface area contributed by atoms with Crippen molar-refractivity contribution in [2.24, 2.45) is 0 Å². The van der Waals surface area contributed by atoms with Crippen LogP contribution in [0.25, 0.3) is 0 Å². The summed E-state index contributed by atoms with van der Waals surface area (Å²) in [7, 11) is 1.50. The SMILES string of the molecule is CCOc1ccc(C2C(C(=O)c3ccc(C)o3)=C(O)C(=O)N2c2nnc(SCc3ccccc3Cl)s2)cc1OC. The number of halogens is 1. The maximum Gasteiger partial charge on any atom is 0.296 e. The van der Waals surface area contributed by atoms with E-state index in [-0.39, 0.29) is 16.5 Å². The second-order valence-electron chi connectivity index (χ2n) is 8.65. The number of thioether (sulfide) groups is 1. The topological polar surface area (TPSA) is 115 Å². The number of Topliss-reactive ketones (excluding diaryl/α,β-unsaturated/α-hetero) is 1. The fourth-order valence-corrected chi connectivity index (χ4v) is 6.43. The van der Waals surface area contributed by atoms with E-state index < -0.39 is 23.5 Å². The minimum atomic E-state index is -1.02. The first kappa shape index (κ1) is 27.8. The Morgan fingerprint density at radius 1 is 1.18 bits per heavy atom. The van der Waals surface area contributed by atoms with Crippen molar-refractivity contribution in [3.05, 3.63) is 93.6 Å². The van der Waals surface area contributed by atoms with Crippen LogP contribution >= 0.6 is 34.7 Å². The van der Waals surface area contributed by atoms with E-state index in [0.717, 1.165) is 5.56 Å². The lowest BCUT2D eigenvalue weighted by atomic mass is 9.95. The first-order chi connectivity index (χ1) is 19.3. The maximum absolute atomic E-state index is 13.6. The zero-order valence-electron chi connectivity index (χ0n) is 21.7. The van der Waals surface area contributed by atoms with Gasteiger partial charge < -0.3 is 19.0 Å². The van der Waals surface area contributed by atoms with Crippen molar-refractivity contribution in [1.29, 1.82) is 0 Å². The highest BCUT2D eigenvalue weighted by atomic mass is 35.5. The Balaban J connectivity index is 1.54. The van der Waals surface area contributed by atoms with Gasteiger partial charge in [-0.2, -0.15) is 0 Å². The number of furan rings is 1. The number of anilines is 1. The minimum absolute atomic E-state index is 0.00449. The van der Waals surface area contributed by atoms with Crippen LogP contribution in [0.15, 0.2) is 74.7 Å². The smallest absolute Gasteiger partial charge is 0.296 e. The van der Waals surface area contributed by atoms with Gasteiger partial charge in [-0.1, -0.05) is 59.0 Å². The van der Waals surface area contributed by atoms with E-state index in [9.17, 15) is 14.7 Å². The Morgan fingerprint density at radius 2 is 1.98 bits per heavy atom. The number of methoxy groups -OCH3 is 1. The maximum atomic E-state index is 13.6. The van der Waals surface area contributed by atoms with Crippen molar-refractivity contribution in [1.82, 2.24) is 10.2 Å². The van der Waals surface area contributed by atoms with E-state index in [0.29, 0.717) is 44.5 Å². The number of aromatic nitrogens is 2. The standard InChI is InChI=1S/C28H24ClN3O6S2/c1-4-37-19-12-10-16(13-21(19)36-3)23-22(24(33)20-11-9-15(2)38-20)25(34)26(35)32(23)27-30-31-28(40-27)39-14-17-7-5-6-8-18(17)29/h5-13,23,34H,4,14H2,1-3H3. The average molecular weight is 598 g/mol. The van der Waals surface area contributed by atoms with Gasteiger partial charge in [0.1, 0.15) is 5.76 Å². The first-order valence-electron chi connectivity index (χ1n) is 12.2. The molecule has 0 saturated carbocycles. The Hall–Kier alpha value is -3.80. The normalized spacial score (nSPS) is 15.2. The monoisotopic (exact) mass is 597 g/mol. The molecule has 0 fully saturated rings. The number of rotatable bonds is 10. The number of carbonyl (C=O) groups excluding carboxylic acids is 2. The van der Waals surface area contributed by atoms with Crippen molar-refractivity contribution < 1.29 is 28.6 Å². The fourth-order valence-electron chi connectivity index (χ4n) is 4.28. The molecule has 0 bridgehead atoms. The summed E-state index contributed by atoms with van der Waals surface area (Å²) in [6.45, 7) is 3.98. The third kappa shape index (κ3) is 5.32. The summed E-state index contributed by atoms with van der Waals surface area (Å²) in [6.07, 6.45) is 0. The van der Waals surface area contributed by atoms with E-state index in [1.807, 2.05) is 31.2 Å². The fraction of sp³-hybridized carbons (Fsp3) is 0.214. The molecule has 0 saturated heterocycles. The zero-order valence-corrected chi connectivity index (χ0v) is 24.1. The lowest BCUT2D eigenvalue weighted by Crippen LogP contribution is -2.31. The highest BCUT2D eigenvalue weighted by molar-refractivity contribution is 8.00. The van der Waals surface area contributed by atoms with Crippen LogP contribution in [0.4, 0.5) is 5.13 Å². The quantitative estimate of drug-likeness (QED) is 0.123. The summed E-state index contributed by atoms with van der Waals surface area (Å²) in [5.74, 6) is -0.0863. The molecule has 1 amide bonds. The largest absolute Gasteiger partial charge is 0.503 e. The van der Waals surface area contributed by atoms with Crippen LogP contribution in [0.5, 0.6) is 11.5 Å². The molecule has 1 unspecified atom stereocenters. The second kappa shape index (κ2) is 11.7. The van der Waals surface area contributed by atoms with E-state index in [1.54, 1.807) is 31.2 Å². The van der Waals surface area contributed by atoms with Crippen molar-refractivity contribution in [3.8, 4) is 11.5 Å². The number of aliphatic hydroxyl groups is 1. The molecule has 2 aromatic carbocycles. The number of ketones is 1. The predicted octanol–water partition coefficient (Wildman–Crippen LogP) is 6.58. The van der Waals surface area contributed by atoms with E-state index in [2.05, 4.69) is 10.2 Å². The third-order valence-electron chi connectivity index (χ3n) is 6.13. The Labute approximate surface area is 243 Å². The van der Waals surface area contributed by atoms with E-state index >= 15 is 0 Å². The molecule has 2 aromatic heterocycles. The lowest BCUT2D eigenvalue weighted by Gasteiger charge is -2.24. The number of hydrogen-bond donors (Lipinski definition) is 1. The molecular weight excluding hydrogens is 574 g/mol. The molecule has 1 atom stereocenters. The van der Waals surface area contributed by atoms with Gasteiger partial charge in [0, 0.05) is 10.8 Å². The number of nitrogens with zero attached hydrogens (tertiary/aromatic N) is 3. The van der Waals surface area contributed by atoms with Crippen LogP contribution in [0.2, 0.25) is 5.02 Å². The van der Waals surface area contributed by atoms with Gasteiger partial charge in [0.15, 0.2) is 27.4 Å². The number of ether oxygens (including phenoxy) is 2. The first-order valence-corrected chi connectivity index (χ1v) is 14.4. The van der Waals surface area contributed by atoms with Crippen LogP contribution in [0.3, 0.4) is 0 Å². The van der Waals surface area contributed by atoms with E-state index in [1.165, 1.54) is 41.2 Å². The molecular formula is C28H24ClN3O6S2. The van der Waals surface area contributed by atoms with Crippen LogP contribution in [0, 0.1) is 6.92 Å². The molecule has 1 N–H and O–H groups in total. The number of hydrogen-bond acceptors (Lipinski definition) is 10. The molecule has 0 aliphatic carbocycles. The number of benzene rings is 2. The summed E-state index contributed by atoms with van der Waals surface area (Å²) in [6, 6.07) is 14.7. The number of amides is 1. The summed E-state index contributed by atoms with van der Waals surface area (Å²) in [5, 5.41) is 20.4. The Morgan fingerprint density at radius 3 is 2.67 bits per heavy atom. The van der Waals surface area contributed by atoms with Gasteiger partial charge in [-0.25, -0.2) is 0 Å². The number of aryl methyl sites for hydroxylation is 1. The molecule has 0 radical (unpaired) electrons. The summed E-state index contributed by atoms with van der Waals surface area (Å²) < 4.78 is 17.3. The number of aliphatic hydroxyl groups excluding tert-OH is 1. The lowest BCUT2D eigenvalue weighted by molar-refractivity contribution is -0.117. The van der Waals surface area contributed by atoms with Gasteiger partial charge >= 0.3 is 0 Å². The molecule has 206 valence electrons. The Kier molecular flexibility index (Phi) is 8.15. The molecule has 5 rings (SSSR count). The summed E-state index contributed by atoms with van der Waals surface area (Å²) in [5.41, 5.74) is 1.30. The van der Waals surface area contributed by atoms with Gasteiger partial charge in [0.05, 0.1) is 25.3 Å². The van der Waals surface area contributed by atoms with Gasteiger partial charge in [0.2, 0.25) is 10.9 Å². The third-order valence-corrected chi connectivity index (χ3v) is 8.60. The number of carbonyl (C=O) groups is 2. The van der Waals surface area contributed by atoms with Gasteiger partial charge in [-0.15, -0.1) is 10.2 Å². The highest BCUT2D eigenvalue weighted by Gasteiger charge is 2.47. The van der Waals surface area contributed by atoms with Gasteiger partial charge in [0.25, 0.3) is 5.91 Å². The molecule has 1 aliphatic heterocycles. The summed E-state index contributed by atoms with van der Waals surface area (Å²) in [4.78, 5) is 28.4. The van der Waals surface area contributed by atoms with Crippen LogP contribution in [-0.4, -0.2) is 40.7 Å². The van der Waals surface area contributed by atoms with Gasteiger partial charge in [-0.3, -0.25) is 14.5 Å². The van der Waals surface area contributed by atoms with Crippen LogP contribution < -0.4 is 14.4 Å². The van der Waals surface area contributed by atoms with Gasteiger partial charge in [-0.05, 0) is 55.3 Å². The molecule has 9 nitrogen and oxygen atoms in total. The molecule has 3 heterocycles. The Bertz CT molecular complexity index is 1610. The predicted molar refractivity (Wildman–Crippen MR) is 153 cm³/mol. The van der Waals surface area contributed by atoms with Crippen molar-refractivity contribution >= 4 is 51.5 Å². The molecule has 4 aromatic rings. The van der Waals surface area contributed by atoms with E-state index in [4.69, 9.17) is 25.5 Å². The molecule has 1 aliphatic rings. The van der Waals surface area contributed by atoms with Crippen molar-refractivity contribution in [3.63, 3.8) is 0 Å². The molecule has 12 heteroatoms. The second-order valence-corrected chi connectivity index (χ2v) is 11.2. The van der Waals surface area contributed by atoms with Crippen LogP contribution in [-0.2, 0) is 10.5 Å². The molecule has 0 spiro atoms. The molecule has 40 heavy (non-hydrogen) atoms. The van der Waals surface area contributed by atoms with Crippen LogP contribution in [0.1, 0.15) is 40.4 Å².